The van der Waals surface area contributed by atoms with Crippen LogP contribution in [0.25, 0.3) is 0 Å². The maximum Gasteiger partial charge on any atom is 0.243 e. The van der Waals surface area contributed by atoms with Gasteiger partial charge in [0.25, 0.3) is 0 Å². The number of amides is 1. The van der Waals surface area contributed by atoms with Crippen molar-refractivity contribution in [2.24, 2.45) is 0 Å². The van der Waals surface area contributed by atoms with Gasteiger partial charge in [-0.15, -0.1) is 11.3 Å². The van der Waals surface area contributed by atoms with Crippen LogP contribution in [0.2, 0.25) is 5.02 Å². The van der Waals surface area contributed by atoms with Crippen LogP contribution in [-0.4, -0.2) is 42.7 Å². The Morgan fingerprint density at radius 3 is 2.47 bits per heavy atom. The van der Waals surface area contributed by atoms with Gasteiger partial charge in [0.05, 0.1) is 17.5 Å². The van der Waals surface area contributed by atoms with Crippen LogP contribution in [0.1, 0.15) is 47.9 Å². The average molecular weight is 517 g/mol. The average Bonchev–Trinajstić information content (AvgIpc) is 3.31. The van der Waals surface area contributed by atoms with E-state index in [0.29, 0.717) is 18.0 Å². The number of hydrogen-bond acceptors (Lipinski definition) is 4. The second-order valence-corrected chi connectivity index (χ2v) is 12.0. The monoisotopic (exact) mass is 516 g/mol. The Kier molecular flexibility index (Phi) is 7.48. The number of halogens is 1. The number of hydrogen-bond donors (Lipinski definition) is 0. The molecule has 4 rings (SSSR count). The maximum atomic E-state index is 13.7. The lowest BCUT2D eigenvalue weighted by Crippen LogP contribution is -2.49. The predicted octanol–water partition coefficient (Wildman–Crippen LogP) is 5.67. The number of nitrogens with zero attached hydrogens (tertiary/aromatic N) is 2. The molecule has 1 aromatic heterocycles. The quantitative estimate of drug-likeness (QED) is 0.406. The van der Waals surface area contributed by atoms with Crippen molar-refractivity contribution < 1.29 is 13.2 Å². The molecule has 2 heterocycles. The Morgan fingerprint density at radius 2 is 1.82 bits per heavy atom. The Bertz CT molecular complexity index is 1250. The number of aryl methyl sites for hydroxylation is 1. The van der Waals surface area contributed by atoms with Crippen LogP contribution >= 0.6 is 22.9 Å². The van der Waals surface area contributed by atoms with Gasteiger partial charge in [-0.05, 0) is 73.5 Å². The summed E-state index contributed by atoms with van der Waals surface area (Å²) in [5.74, 6) is -0.194. The van der Waals surface area contributed by atoms with Gasteiger partial charge in [-0.1, -0.05) is 48.4 Å². The molecule has 34 heavy (non-hydrogen) atoms. The topological polar surface area (TPSA) is 57.7 Å². The molecule has 0 N–H and O–H groups in total. The second-order valence-electron chi connectivity index (χ2n) is 8.71. The van der Waals surface area contributed by atoms with Gasteiger partial charge in [0.1, 0.15) is 0 Å². The zero-order valence-corrected chi connectivity index (χ0v) is 22.0. The highest BCUT2D eigenvalue weighted by atomic mass is 35.5. The highest BCUT2D eigenvalue weighted by Gasteiger charge is 2.36. The van der Waals surface area contributed by atoms with Crippen LogP contribution in [0, 0.1) is 6.92 Å². The first-order valence-electron chi connectivity index (χ1n) is 11.4. The molecule has 2 aromatic carbocycles. The molecule has 1 amide bonds. The van der Waals surface area contributed by atoms with E-state index in [1.165, 1.54) is 21.3 Å². The van der Waals surface area contributed by atoms with E-state index in [4.69, 9.17) is 11.6 Å². The molecule has 0 spiro atoms. The number of fused-ring (bicyclic) bond motifs is 1. The number of sulfonamides is 1. The summed E-state index contributed by atoms with van der Waals surface area (Å²) in [6.07, 6.45) is 1.37. The first-order valence-corrected chi connectivity index (χ1v) is 14.1. The molecule has 3 aromatic rings. The van der Waals surface area contributed by atoms with Gasteiger partial charge in [-0.3, -0.25) is 4.79 Å². The molecule has 8 heteroatoms. The highest BCUT2D eigenvalue weighted by Crippen LogP contribution is 2.38. The van der Waals surface area contributed by atoms with Crippen LogP contribution in [0.4, 0.5) is 0 Å². The molecule has 0 radical (unpaired) electrons. The van der Waals surface area contributed by atoms with Crippen molar-refractivity contribution >= 4 is 38.9 Å². The fourth-order valence-corrected chi connectivity index (χ4v) is 7.02. The molecule has 180 valence electrons. The minimum atomic E-state index is -3.87. The second kappa shape index (κ2) is 10.2. The lowest BCUT2D eigenvalue weighted by molar-refractivity contribution is -0.133. The molecule has 0 saturated heterocycles. The maximum absolute atomic E-state index is 13.7. The molecule has 0 bridgehead atoms. The number of rotatable bonds is 7. The van der Waals surface area contributed by atoms with Crippen molar-refractivity contribution in [2.45, 2.75) is 50.6 Å². The van der Waals surface area contributed by atoms with Crippen LogP contribution < -0.4 is 0 Å². The molecule has 0 saturated carbocycles. The van der Waals surface area contributed by atoms with Crippen LogP contribution in [0.15, 0.2) is 64.9 Å². The standard InChI is InChI=1S/C26H29ClN2O3S2/c1-4-19(3)29(34(31,32)22-11-9-21(27)10-12-22)17-25(30)28-15-13-24-23(14-16-33-24)26(28)20-7-5-18(2)6-8-20/h5-12,14,16,19,26H,4,13,15,17H2,1-3H3. The van der Waals surface area contributed by atoms with Gasteiger partial charge in [0.2, 0.25) is 15.9 Å². The summed E-state index contributed by atoms with van der Waals surface area (Å²) in [6.45, 7) is 6.15. The van der Waals surface area contributed by atoms with Crippen LogP contribution in [-0.2, 0) is 21.2 Å². The van der Waals surface area contributed by atoms with Crippen molar-refractivity contribution in [3.8, 4) is 0 Å². The summed E-state index contributed by atoms with van der Waals surface area (Å²) in [6, 6.07) is 15.8. The molecular formula is C26H29ClN2O3S2. The van der Waals surface area contributed by atoms with Gasteiger partial charge in [0.15, 0.2) is 0 Å². The van der Waals surface area contributed by atoms with Gasteiger partial charge in [-0.25, -0.2) is 8.42 Å². The third-order valence-corrected chi connectivity index (χ3v) is 9.70. The largest absolute Gasteiger partial charge is 0.330 e. The summed E-state index contributed by atoms with van der Waals surface area (Å²) in [4.78, 5) is 17.0. The van der Waals surface area contributed by atoms with E-state index in [9.17, 15) is 13.2 Å². The third kappa shape index (κ3) is 4.93. The number of carbonyl (C=O) groups excluding carboxylic acids is 1. The third-order valence-electron chi connectivity index (χ3n) is 6.47. The van der Waals surface area contributed by atoms with E-state index in [1.54, 1.807) is 23.5 Å². The van der Waals surface area contributed by atoms with Gasteiger partial charge in [0, 0.05) is 22.5 Å². The first kappa shape index (κ1) is 24.9. The van der Waals surface area contributed by atoms with Crippen molar-refractivity contribution in [3.63, 3.8) is 0 Å². The lowest BCUT2D eigenvalue weighted by atomic mass is 9.92. The Hall–Kier alpha value is -2.19. The summed E-state index contributed by atoms with van der Waals surface area (Å²) >= 11 is 7.68. The fourth-order valence-electron chi connectivity index (χ4n) is 4.34. The molecule has 2 unspecified atom stereocenters. The normalized spacial score (nSPS) is 17.0. The van der Waals surface area contributed by atoms with Gasteiger partial charge < -0.3 is 4.90 Å². The zero-order chi connectivity index (χ0) is 24.5. The zero-order valence-electron chi connectivity index (χ0n) is 19.6. The minimum Gasteiger partial charge on any atom is -0.330 e. The number of thiophene rings is 1. The molecule has 1 aliphatic rings. The molecule has 0 aliphatic carbocycles. The van der Waals surface area contributed by atoms with Gasteiger partial charge >= 0.3 is 0 Å². The van der Waals surface area contributed by atoms with Gasteiger partial charge in [-0.2, -0.15) is 4.31 Å². The van der Waals surface area contributed by atoms with E-state index in [1.807, 2.05) is 25.7 Å². The lowest BCUT2D eigenvalue weighted by Gasteiger charge is -2.38. The Balaban J connectivity index is 1.68. The van der Waals surface area contributed by atoms with E-state index >= 15 is 0 Å². The summed E-state index contributed by atoms with van der Waals surface area (Å²) in [5.41, 5.74) is 3.32. The van der Waals surface area contributed by atoms with Crippen LogP contribution in [0.5, 0.6) is 0 Å². The molecule has 0 fully saturated rings. The summed E-state index contributed by atoms with van der Waals surface area (Å²) < 4.78 is 28.4. The van der Waals surface area contributed by atoms with E-state index in [0.717, 1.165) is 23.1 Å². The van der Waals surface area contributed by atoms with Crippen LogP contribution in [0.3, 0.4) is 0 Å². The Labute approximate surface area is 211 Å². The molecule has 1 aliphatic heterocycles. The van der Waals surface area contributed by atoms with E-state index in [2.05, 4.69) is 35.7 Å². The van der Waals surface area contributed by atoms with E-state index < -0.39 is 10.0 Å². The van der Waals surface area contributed by atoms with Crippen molar-refractivity contribution in [3.05, 3.63) is 86.6 Å². The summed E-state index contributed by atoms with van der Waals surface area (Å²) in [5, 5.41) is 2.53. The van der Waals surface area contributed by atoms with Crippen molar-refractivity contribution in [2.75, 3.05) is 13.1 Å². The first-order chi connectivity index (χ1) is 16.2. The van der Waals surface area contributed by atoms with E-state index in [-0.39, 0.29) is 29.4 Å². The number of benzene rings is 2. The molecular weight excluding hydrogens is 488 g/mol. The smallest absolute Gasteiger partial charge is 0.243 e. The van der Waals surface area contributed by atoms with Crippen molar-refractivity contribution in [1.29, 1.82) is 0 Å². The fraction of sp³-hybridized carbons (Fsp3) is 0.346. The van der Waals surface area contributed by atoms with Crippen molar-refractivity contribution in [1.82, 2.24) is 9.21 Å². The summed E-state index contributed by atoms with van der Waals surface area (Å²) in [7, 11) is -3.87. The predicted molar refractivity (Wildman–Crippen MR) is 138 cm³/mol. The molecule has 5 nitrogen and oxygen atoms in total. The Morgan fingerprint density at radius 1 is 1.15 bits per heavy atom. The minimum absolute atomic E-state index is 0.138. The highest BCUT2D eigenvalue weighted by molar-refractivity contribution is 7.89. The SMILES string of the molecule is CCC(C)N(CC(=O)N1CCc2sccc2C1c1ccc(C)cc1)S(=O)(=O)c1ccc(Cl)cc1. The molecule has 2 atom stereocenters. The number of carbonyl (C=O) groups is 1.